The van der Waals surface area contributed by atoms with Crippen molar-refractivity contribution in [2.45, 2.75) is 13.0 Å². The zero-order valence-corrected chi connectivity index (χ0v) is 12.1. The van der Waals surface area contributed by atoms with Crippen LogP contribution in [0.3, 0.4) is 0 Å². The maximum Gasteiger partial charge on any atom is 0.508 e. The summed E-state index contributed by atoms with van der Waals surface area (Å²) >= 11 is 0. The number of aliphatic imine (C=N–C) groups is 1. The van der Waals surface area contributed by atoms with Crippen molar-refractivity contribution in [1.29, 1.82) is 0 Å². The molecule has 0 aliphatic heterocycles. The average Bonchev–Trinajstić information content (AvgIpc) is 2.52. The van der Waals surface area contributed by atoms with Gasteiger partial charge in [-0.3, -0.25) is 9.98 Å². The van der Waals surface area contributed by atoms with Gasteiger partial charge in [0.1, 0.15) is 6.61 Å². The number of ether oxygens (including phenoxy) is 2. The zero-order chi connectivity index (χ0) is 15.8. The Morgan fingerprint density at radius 3 is 2.86 bits per heavy atom. The molecule has 116 valence electrons. The van der Waals surface area contributed by atoms with Crippen LogP contribution in [0.2, 0.25) is 0 Å². The number of para-hydroxylation sites is 1. The normalized spacial score (nSPS) is 10.2. The van der Waals surface area contributed by atoms with Gasteiger partial charge in [-0.2, -0.15) is 0 Å². The number of nitrogens with two attached hydrogens (primary N) is 2. The minimum Gasteiger partial charge on any atom is -0.434 e. The second kappa shape index (κ2) is 7.82. The lowest BCUT2D eigenvalue weighted by Crippen LogP contribution is -2.23. The van der Waals surface area contributed by atoms with Crippen molar-refractivity contribution < 1.29 is 14.3 Å². The van der Waals surface area contributed by atoms with Crippen LogP contribution in [0.15, 0.2) is 41.5 Å². The van der Waals surface area contributed by atoms with Crippen LogP contribution in [0.4, 0.5) is 4.79 Å². The van der Waals surface area contributed by atoms with E-state index >= 15 is 0 Å². The van der Waals surface area contributed by atoms with Crippen LogP contribution >= 0.6 is 0 Å². The number of nitrogens with zero attached hydrogens (tertiary/aromatic N) is 2. The summed E-state index contributed by atoms with van der Waals surface area (Å²) in [5.41, 5.74) is 12.0. The first-order chi connectivity index (χ1) is 10.6. The Morgan fingerprint density at radius 1 is 1.23 bits per heavy atom. The molecule has 4 N–H and O–H groups in total. The van der Waals surface area contributed by atoms with E-state index in [4.69, 9.17) is 20.9 Å². The van der Waals surface area contributed by atoms with Crippen molar-refractivity contribution in [3.63, 3.8) is 0 Å². The monoisotopic (exact) mass is 302 g/mol. The molecule has 0 spiro atoms. The van der Waals surface area contributed by atoms with Gasteiger partial charge in [0.2, 0.25) is 0 Å². The Balaban J connectivity index is 1.74. The minimum atomic E-state index is -0.724. The van der Waals surface area contributed by atoms with Crippen molar-refractivity contribution >= 4 is 23.0 Å². The molecule has 1 aromatic carbocycles. The fourth-order valence-corrected chi connectivity index (χ4v) is 1.81. The standard InChI is InChI=1S/C15H18N4O3/c16-14(17)18-6-3-7-21-15(20)22-10-11-8-12-4-1-2-5-13(12)19-9-11/h1-2,4-5,8-9H,3,6-7,10H2,(H4,16,17,18). The number of carbonyl (C=O) groups excluding carboxylic acids is 1. The van der Waals surface area contributed by atoms with Crippen LogP contribution in [-0.2, 0) is 16.1 Å². The first-order valence-corrected chi connectivity index (χ1v) is 6.84. The highest BCUT2D eigenvalue weighted by atomic mass is 16.7. The summed E-state index contributed by atoms with van der Waals surface area (Å²) in [6.45, 7) is 0.723. The summed E-state index contributed by atoms with van der Waals surface area (Å²) in [7, 11) is 0. The number of benzene rings is 1. The molecule has 1 heterocycles. The van der Waals surface area contributed by atoms with Gasteiger partial charge in [0.15, 0.2) is 5.96 Å². The van der Waals surface area contributed by atoms with E-state index in [2.05, 4.69) is 9.98 Å². The van der Waals surface area contributed by atoms with Crippen molar-refractivity contribution in [2.24, 2.45) is 16.5 Å². The van der Waals surface area contributed by atoms with E-state index in [1.807, 2.05) is 30.3 Å². The zero-order valence-electron chi connectivity index (χ0n) is 12.1. The SMILES string of the molecule is NC(N)=NCCCOC(=O)OCc1cnc2ccccc2c1. The largest absolute Gasteiger partial charge is 0.508 e. The fourth-order valence-electron chi connectivity index (χ4n) is 1.81. The molecule has 7 heteroatoms. The van der Waals surface area contributed by atoms with E-state index in [-0.39, 0.29) is 19.2 Å². The molecule has 22 heavy (non-hydrogen) atoms. The maximum absolute atomic E-state index is 11.4. The molecule has 0 aliphatic carbocycles. The van der Waals surface area contributed by atoms with Gasteiger partial charge in [0.05, 0.1) is 12.1 Å². The minimum absolute atomic E-state index is 0.0198. The number of hydrogen-bond donors (Lipinski definition) is 2. The summed E-state index contributed by atoms with van der Waals surface area (Å²) in [5, 5.41) is 0.995. The van der Waals surface area contributed by atoms with E-state index in [0.29, 0.717) is 13.0 Å². The van der Waals surface area contributed by atoms with Gasteiger partial charge in [-0.15, -0.1) is 0 Å². The number of rotatable bonds is 6. The second-order valence-corrected chi connectivity index (χ2v) is 4.58. The number of fused-ring (bicyclic) bond motifs is 1. The van der Waals surface area contributed by atoms with E-state index < -0.39 is 6.16 Å². The average molecular weight is 302 g/mol. The topological polar surface area (TPSA) is 113 Å². The molecule has 0 fully saturated rings. The fraction of sp³-hybridized carbons (Fsp3) is 0.267. The summed E-state index contributed by atoms with van der Waals surface area (Å²) in [4.78, 5) is 19.5. The number of aromatic nitrogens is 1. The Kier molecular flexibility index (Phi) is 5.53. The first-order valence-electron chi connectivity index (χ1n) is 6.84. The van der Waals surface area contributed by atoms with Crippen LogP contribution in [0, 0.1) is 0 Å². The smallest absolute Gasteiger partial charge is 0.434 e. The number of pyridine rings is 1. The molecular formula is C15H18N4O3. The van der Waals surface area contributed by atoms with Crippen LogP contribution in [0.1, 0.15) is 12.0 Å². The molecule has 0 radical (unpaired) electrons. The third-order valence-electron chi connectivity index (χ3n) is 2.82. The van der Waals surface area contributed by atoms with Gasteiger partial charge in [0.25, 0.3) is 0 Å². The highest BCUT2D eigenvalue weighted by Gasteiger charge is 2.05. The van der Waals surface area contributed by atoms with Crippen molar-refractivity contribution in [2.75, 3.05) is 13.2 Å². The van der Waals surface area contributed by atoms with Crippen molar-refractivity contribution in [1.82, 2.24) is 4.98 Å². The number of guanidine groups is 1. The predicted octanol–water partition coefficient (Wildman–Crippen LogP) is 1.55. The first kappa shape index (κ1) is 15.6. The lowest BCUT2D eigenvalue weighted by molar-refractivity contribution is 0.0496. The summed E-state index contributed by atoms with van der Waals surface area (Å²) in [6, 6.07) is 9.65. The quantitative estimate of drug-likeness (QED) is 0.362. The van der Waals surface area contributed by atoms with Crippen LogP contribution < -0.4 is 11.5 Å². The van der Waals surface area contributed by atoms with Gasteiger partial charge >= 0.3 is 6.16 Å². The van der Waals surface area contributed by atoms with Crippen molar-refractivity contribution in [3.8, 4) is 0 Å². The van der Waals surface area contributed by atoms with Gasteiger partial charge in [-0.05, 0) is 12.1 Å². The summed E-state index contributed by atoms with van der Waals surface area (Å²) in [6.07, 6.45) is 1.48. The number of carbonyl (C=O) groups is 1. The highest BCUT2D eigenvalue weighted by molar-refractivity contribution is 5.78. The molecule has 0 saturated heterocycles. The molecule has 0 atom stereocenters. The van der Waals surface area contributed by atoms with E-state index in [9.17, 15) is 4.79 Å². The molecule has 2 rings (SSSR count). The lowest BCUT2D eigenvalue weighted by Gasteiger charge is -2.06. The van der Waals surface area contributed by atoms with Gasteiger partial charge < -0.3 is 20.9 Å². The lowest BCUT2D eigenvalue weighted by atomic mass is 10.2. The summed E-state index contributed by atoms with van der Waals surface area (Å²) in [5.74, 6) is 0.0198. The molecule has 0 aliphatic rings. The molecule has 0 saturated carbocycles. The Bertz CT molecular complexity index is 669. The Labute approximate surface area is 127 Å². The maximum atomic E-state index is 11.4. The van der Waals surface area contributed by atoms with Crippen LogP contribution in [0.25, 0.3) is 10.9 Å². The molecule has 2 aromatic rings. The second-order valence-electron chi connectivity index (χ2n) is 4.58. The third-order valence-corrected chi connectivity index (χ3v) is 2.82. The number of hydrogen-bond acceptors (Lipinski definition) is 5. The van der Waals surface area contributed by atoms with Gasteiger partial charge in [-0.1, -0.05) is 18.2 Å². The van der Waals surface area contributed by atoms with Crippen LogP contribution in [0.5, 0.6) is 0 Å². The van der Waals surface area contributed by atoms with E-state index in [1.165, 1.54) is 0 Å². The summed E-state index contributed by atoms with van der Waals surface area (Å²) < 4.78 is 9.92. The Morgan fingerprint density at radius 2 is 2.05 bits per heavy atom. The molecule has 1 aromatic heterocycles. The van der Waals surface area contributed by atoms with E-state index in [0.717, 1.165) is 16.5 Å². The van der Waals surface area contributed by atoms with Crippen LogP contribution in [-0.4, -0.2) is 30.3 Å². The van der Waals surface area contributed by atoms with Gasteiger partial charge in [0, 0.05) is 30.1 Å². The predicted molar refractivity (Wildman–Crippen MR) is 83.2 cm³/mol. The third kappa shape index (κ3) is 4.93. The highest BCUT2D eigenvalue weighted by Crippen LogP contribution is 2.13. The molecule has 7 nitrogen and oxygen atoms in total. The molecular weight excluding hydrogens is 284 g/mol. The Hall–Kier alpha value is -2.83. The van der Waals surface area contributed by atoms with E-state index in [1.54, 1.807) is 6.20 Å². The molecule has 0 bridgehead atoms. The van der Waals surface area contributed by atoms with Gasteiger partial charge in [-0.25, -0.2) is 4.79 Å². The molecule has 0 amide bonds. The molecule has 0 unspecified atom stereocenters. The van der Waals surface area contributed by atoms with Crippen molar-refractivity contribution in [3.05, 3.63) is 42.1 Å².